The number of aromatic nitrogens is 5. The number of thioether (sulfide) groups is 1. The number of para-hydroxylation sites is 2. The number of methoxy groups -OCH3 is 1. The Balaban J connectivity index is 1.27. The highest BCUT2D eigenvalue weighted by Gasteiger charge is 2.54. The smallest absolute Gasteiger partial charge is 0.256 e. The van der Waals surface area contributed by atoms with E-state index in [-0.39, 0.29) is 11.9 Å². The van der Waals surface area contributed by atoms with E-state index >= 15 is 0 Å². The summed E-state index contributed by atoms with van der Waals surface area (Å²) >= 11 is 1.71. The quantitative estimate of drug-likeness (QED) is 0.380. The number of hydrogen-bond acceptors (Lipinski definition) is 6. The number of carbonyl (C=O) groups is 1. The summed E-state index contributed by atoms with van der Waals surface area (Å²) < 4.78 is 7.55. The molecule has 3 atom stereocenters. The number of piperidine rings is 1. The predicted molar refractivity (Wildman–Crippen MR) is 130 cm³/mol. The van der Waals surface area contributed by atoms with Gasteiger partial charge in [-0.15, -0.1) is 0 Å². The van der Waals surface area contributed by atoms with Crippen molar-refractivity contribution in [2.75, 3.05) is 19.4 Å². The molecule has 0 bridgehead atoms. The summed E-state index contributed by atoms with van der Waals surface area (Å²) in [6, 6.07) is 14.2. The van der Waals surface area contributed by atoms with E-state index in [1.54, 1.807) is 31.3 Å². The Labute approximate surface area is 201 Å². The highest BCUT2D eigenvalue weighted by molar-refractivity contribution is 7.99. The normalized spacial score (nSPS) is 21.2. The first kappa shape index (κ1) is 21.4. The average Bonchev–Trinajstić information content (AvgIpc) is 3.19. The molecule has 2 fully saturated rings. The summed E-state index contributed by atoms with van der Waals surface area (Å²) in [7, 11) is 1.70. The summed E-state index contributed by atoms with van der Waals surface area (Å²) in [6.45, 7) is 3.26. The van der Waals surface area contributed by atoms with Gasteiger partial charge in [-0.25, -0.2) is 4.98 Å². The molecule has 2 aliphatic rings. The van der Waals surface area contributed by atoms with Crippen molar-refractivity contribution in [1.29, 1.82) is 0 Å². The van der Waals surface area contributed by atoms with Crippen molar-refractivity contribution in [2.24, 2.45) is 11.8 Å². The van der Waals surface area contributed by atoms with Gasteiger partial charge in [0.2, 0.25) is 0 Å². The zero-order chi connectivity index (χ0) is 23.2. The van der Waals surface area contributed by atoms with Crippen LogP contribution in [-0.2, 0) is 11.5 Å². The molecule has 34 heavy (non-hydrogen) atoms. The Hall–Kier alpha value is -3.17. The van der Waals surface area contributed by atoms with Crippen molar-refractivity contribution in [3.8, 4) is 5.69 Å². The molecule has 1 amide bonds. The Morgan fingerprint density at radius 1 is 1.18 bits per heavy atom. The minimum absolute atomic E-state index is 0.0548. The number of fused-ring (bicyclic) bond motifs is 2. The summed E-state index contributed by atoms with van der Waals surface area (Å²) in [6.07, 6.45) is 4.46. The third kappa shape index (κ3) is 3.69. The van der Waals surface area contributed by atoms with Crippen LogP contribution in [0.1, 0.15) is 22.3 Å². The van der Waals surface area contributed by atoms with Gasteiger partial charge >= 0.3 is 0 Å². The lowest BCUT2D eigenvalue weighted by atomic mass is 10.1. The zero-order valence-corrected chi connectivity index (χ0v) is 20.0. The fourth-order valence-electron chi connectivity index (χ4n) is 5.09. The molecule has 2 aromatic carbocycles. The molecule has 0 unspecified atom stereocenters. The van der Waals surface area contributed by atoms with Crippen LogP contribution in [0.2, 0.25) is 0 Å². The fourth-order valence-corrected chi connectivity index (χ4v) is 6.30. The Bertz CT molecular complexity index is 1350. The summed E-state index contributed by atoms with van der Waals surface area (Å²) in [4.78, 5) is 22.3. The first-order chi connectivity index (χ1) is 16.6. The molecule has 4 aromatic rings. The summed E-state index contributed by atoms with van der Waals surface area (Å²) in [5.41, 5.74) is 4.44. The number of aryl methyl sites for hydroxylation is 1. The van der Waals surface area contributed by atoms with Gasteiger partial charge in [-0.1, -0.05) is 35.5 Å². The van der Waals surface area contributed by atoms with Crippen molar-refractivity contribution in [2.45, 2.75) is 31.3 Å². The van der Waals surface area contributed by atoms with Crippen LogP contribution in [0.25, 0.3) is 16.7 Å². The third-order valence-corrected chi connectivity index (χ3v) is 7.92. The molecule has 0 spiro atoms. The first-order valence-corrected chi connectivity index (χ1v) is 12.5. The van der Waals surface area contributed by atoms with Crippen LogP contribution < -0.4 is 0 Å². The molecule has 0 N–H and O–H groups in total. The fraction of sp³-hybridized carbons (Fsp3) is 0.360. The molecule has 1 saturated heterocycles. The molecule has 1 aliphatic heterocycles. The second kappa shape index (κ2) is 8.56. The standard InChI is InChI=1S/C25H26N6O2S/c1-16-7-8-21(31-26-9-10-27-31)19(11-16)24(32)29-13-17-12-18(17)23(29)14-34-25-28-20-5-3-4-6-22(20)30(25)15-33-2/h3-11,17-18,23H,12-15H2,1-2H3/t17-,18-,23-/m1/s1. The largest absolute Gasteiger partial charge is 0.364 e. The number of rotatable bonds is 7. The summed E-state index contributed by atoms with van der Waals surface area (Å²) in [5, 5.41) is 9.45. The van der Waals surface area contributed by atoms with Gasteiger partial charge < -0.3 is 9.64 Å². The lowest BCUT2D eigenvalue weighted by Crippen LogP contribution is -2.40. The monoisotopic (exact) mass is 474 g/mol. The van der Waals surface area contributed by atoms with E-state index in [4.69, 9.17) is 9.72 Å². The number of benzene rings is 2. The third-order valence-electron chi connectivity index (χ3n) is 6.84. The van der Waals surface area contributed by atoms with Crippen LogP contribution in [0.4, 0.5) is 0 Å². The van der Waals surface area contributed by atoms with E-state index in [9.17, 15) is 4.79 Å². The molecule has 1 aliphatic carbocycles. The minimum Gasteiger partial charge on any atom is -0.364 e. The van der Waals surface area contributed by atoms with Crippen LogP contribution >= 0.6 is 11.8 Å². The van der Waals surface area contributed by atoms with E-state index in [1.165, 1.54) is 11.2 Å². The van der Waals surface area contributed by atoms with E-state index in [0.717, 1.165) is 39.7 Å². The molecule has 3 heterocycles. The maximum atomic E-state index is 13.8. The van der Waals surface area contributed by atoms with Crippen molar-refractivity contribution in [1.82, 2.24) is 29.4 Å². The molecule has 1 saturated carbocycles. The molecule has 8 nitrogen and oxygen atoms in total. The van der Waals surface area contributed by atoms with Gasteiger partial charge in [-0.05, 0) is 49.4 Å². The van der Waals surface area contributed by atoms with E-state index < -0.39 is 0 Å². The van der Waals surface area contributed by atoms with Gasteiger partial charge in [-0.2, -0.15) is 15.0 Å². The SMILES string of the molecule is COCn1c(SC[C@@H]2[C@@H]3C[C@@H]3CN2C(=O)c2cc(C)ccc2-n2nccn2)nc2ccccc21. The Kier molecular flexibility index (Phi) is 5.38. The zero-order valence-electron chi connectivity index (χ0n) is 19.2. The molecule has 174 valence electrons. The topological polar surface area (TPSA) is 78.1 Å². The lowest BCUT2D eigenvalue weighted by molar-refractivity contribution is 0.0722. The van der Waals surface area contributed by atoms with Crippen LogP contribution in [0, 0.1) is 18.8 Å². The van der Waals surface area contributed by atoms with Crippen molar-refractivity contribution in [3.05, 3.63) is 66.0 Å². The van der Waals surface area contributed by atoms with Gasteiger partial charge in [0.05, 0.1) is 34.7 Å². The van der Waals surface area contributed by atoms with Crippen LogP contribution in [0.3, 0.4) is 0 Å². The minimum atomic E-state index is 0.0548. The van der Waals surface area contributed by atoms with Gasteiger partial charge in [0.25, 0.3) is 5.91 Å². The molecule has 9 heteroatoms. The number of carbonyl (C=O) groups excluding carboxylic acids is 1. The molecular formula is C25H26N6O2S. The maximum absolute atomic E-state index is 13.8. The number of likely N-dealkylation sites (tertiary alicyclic amines) is 1. The Morgan fingerprint density at radius 2 is 2.00 bits per heavy atom. The summed E-state index contributed by atoms with van der Waals surface area (Å²) in [5.74, 6) is 2.02. The maximum Gasteiger partial charge on any atom is 0.256 e. The van der Waals surface area contributed by atoms with Gasteiger partial charge in [0.1, 0.15) is 6.73 Å². The predicted octanol–water partition coefficient (Wildman–Crippen LogP) is 3.78. The molecule has 0 radical (unpaired) electrons. The van der Waals surface area contributed by atoms with E-state index in [0.29, 0.717) is 24.1 Å². The first-order valence-electron chi connectivity index (χ1n) is 11.5. The van der Waals surface area contributed by atoms with Crippen molar-refractivity contribution in [3.63, 3.8) is 0 Å². The molecular weight excluding hydrogens is 448 g/mol. The lowest BCUT2D eigenvalue weighted by Gasteiger charge is -2.28. The average molecular weight is 475 g/mol. The second-order valence-corrected chi connectivity index (χ2v) is 10.1. The second-order valence-electron chi connectivity index (χ2n) is 9.06. The Morgan fingerprint density at radius 3 is 2.82 bits per heavy atom. The number of imidazole rings is 1. The van der Waals surface area contributed by atoms with Gasteiger partial charge in [0, 0.05) is 25.4 Å². The molecule has 6 rings (SSSR count). The van der Waals surface area contributed by atoms with Crippen LogP contribution in [0.15, 0.2) is 60.0 Å². The van der Waals surface area contributed by atoms with E-state index in [2.05, 4.69) is 25.7 Å². The highest BCUT2D eigenvalue weighted by Crippen LogP contribution is 2.51. The van der Waals surface area contributed by atoms with Crippen molar-refractivity contribution >= 4 is 28.7 Å². The van der Waals surface area contributed by atoms with Crippen molar-refractivity contribution < 1.29 is 9.53 Å². The number of hydrogen-bond donors (Lipinski definition) is 0. The van der Waals surface area contributed by atoms with Gasteiger partial charge in [-0.3, -0.25) is 9.36 Å². The molecule has 2 aromatic heterocycles. The van der Waals surface area contributed by atoms with Crippen LogP contribution in [0.5, 0.6) is 0 Å². The highest BCUT2D eigenvalue weighted by atomic mass is 32.2. The van der Waals surface area contributed by atoms with Crippen LogP contribution in [-0.4, -0.2) is 60.8 Å². The van der Waals surface area contributed by atoms with Gasteiger partial charge in [0.15, 0.2) is 5.16 Å². The number of nitrogens with zero attached hydrogens (tertiary/aromatic N) is 6. The number of ether oxygens (including phenoxy) is 1. The van der Waals surface area contributed by atoms with E-state index in [1.807, 2.05) is 43.3 Å². The number of amides is 1.